The minimum absolute atomic E-state index is 0.359. The molecule has 0 amide bonds. The van der Waals surface area contributed by atoms with Crippen LogP contribution in [0.25, 0.3) is 0 Å². The number of halogens is 4. The van der Waals surface area contributed by atoms with Gasteiger partial charge in [-0.05, 0) is 29.8 Å². The Bertz CT molecular complexity index is 553. The molecule has 0 aliphatic heterocycles. The summed E-state index contributed by atoms with van der Waals surface area (Å²) < 4.78 is 37.1. The van der Waals surface area contributed by atoms with Crippen molar-refractivity contribution in [3.63, 3.8) is 0 Å². The molecule has 2 rings (SSSR count). The molecular weight excluding hydrogens is 277 g/mol. The van der Waals surface area contributed by atoms with Gasteiger partial charge in [0.05, 0.1) is 5.56 Å². The van der Waals surface area contributed by atoms with Crippen LogP contribution in [0.1, 0.15) is 11.1 Å². The van der Waals surface area contributed by atoms with E-state index in [0.29, 0.717) is 17.5 Å². The Labute approximate surface area is 113 Å². The van der Waals surface area contributed by atoms with Crippen LogP contribution in [0.2, 0.25) is 5.15 Å². The van der Waals surface area contributed by atoms with Crippen LogP contribution in [0.3, 0.4) is 0 Å². The van der Waals surface area contributed by atoms with E-state index in [9.17, 15) is 13.2 Å². The molecule has 0 fully saturated rings. The van der Waals surface area contributed by atoms with Crippen molar-refractivity contribution < 1.29 is 13.2 Å². The Hall–Kier alpha value is -1.75. The maximum Gasteiger partial charge on any atom is 0.416 e. The number of pyridine rings is 1. The molecule has 0 saturated heterocycles. The molecule has 1 heterocycles. The lowest BCUT2D eigenvalue weighted by Crippen LogP contribution is -2.06. The van der Waals surface area contributed by atoms with E-state index in [0.717, 1.165) is 17.7 Å². The van der Waals surface area contributed by atoms with E-state index in [1.165, 1.54) is 12.1 Å². The molecule has 0 atom stereocenters. The number of hydrogen-bond acceptors (Lipinski definition) is 2. The summed E-state index contributed by atoms with van der Waals surface area (Å²) in [4.78, 5) is 4.02. The lowest BCUT2D eigenvalue weighted by atomic mass is 10.1. The summed E-state index contributed by atoms with van der Waals surface area (Å²) >= 11 is 5.72. The van der Waals surface area contributed by atoms with Gasteiger partial charge >= 0.3 is 6.18 Å². The summed E-state index contributed by atoms with van der Waals surface area (Å²) in [7, 11) is 0. The maximum atomic E-state index is 12.4. The van der Waals surface area contributed by atoms with E-state index in [1.807, 2.05) is 0 Å². The van der Waals surface area contributed by atoms with E-state index >= 15 is 0 Å². The third-order valence-corrected chi connectivity index (χ3v) is 2.68. The highest BCUT2D eigenvalue weighted by Gasteiger charge is 2.29. The van der Waals surface area contributed by atoms with Gasteiger partial charge < -0.3 is 5.32 Å². The molecule has 1 aromatic heterocycles. The zero-order valence-electron chi connectivity index (χ0n) is 9.71. The van der Waals surface area contributed by atoms with Gasteiger partial charge in [0.15, 0.2) is 0 Å². The number of hydrogen-bond donors (Lipinski definition) is 1. The summed E-state index contributed by atoms with van der Waals surface area (Å²) in [6.45, 7) is 0.380. The van der Waals surface area contributed by atoms with Crippen molar-refractivity contribution in [2.75, 3.05) is 5.32 Å². The number of nitrogens with one attached hydrogen (secondary N) is 1. The van der Waals surface area contributed by atoms with Crippen molar-refractivity contribution in [1.29, 1.82) is 0 Å². The zero-order chi connectivity index (χ0) is 13.9. The first-order valence-corrected chi connectivity index (χ1v) is 5.85. The van der Waals surface area contributed by atoms with E-state index < -0.39 is 11.7 Å². The lowest BCUT2D eigenvalue weighted by molar-refractivity contribution is -0.137. The van der Waals surface area contributed by atoms with Crippen molar-refractivity contribution in [2.45, 2.75) is 12.7 Å². The number of benzene rings is 1. The second-order valence-electron chi connectivity index (χ2n) is 3.89. The predicted molar refractivity (Wildman–Crippen MR) is 68.0 cm³/mol. The second-order valence-corrected chi connectivity index (χ2v) is 4.28. The van der Waals surface area contributed by atoms with Crippen LogP contribution >= 0.6 is 11.6 Å². The minimum atomic E-state index is -4.31. The van der Waals surface area contributed by atoms with Crippen molar-refractivity contribution in [3.05, 3.63) is 58.7 Å². The molecule has 0 aliphatic rings. The Morgan fingerprint density at radius 1 is 1.05 bits per heavy atom. The molecule has 2 aromatic rings. The van der Waals surface area contributed by atoms with Gasteiger partial charge in [-0.3, -0.25) is 0 Å². The highest BCUT2D eigenvalue weighted by atomic mass is 35.5. The monoisotopic (exact) mass is 286 g/mol. The second kappa shape index (κ2) is 5.48. The lowest BCUT2D eigenvalue weighted by Gasteiger charge is -2.09. The molecule has 1 aromatic carbocycles. The Kier molecular flexibility index (Phi) is 3.95. The summed E-state index contributed by atoms with van der Waals surface area (Å²) in [5.74, 6) is 0.576. The fourth-order valence-corrected chi connectivity index (χ4v) is 1.67. The predicted octanol–water partition coefficient (Wildman–Crippen LogP) is 4.37. The van der Waals surface area contributed by atoms with Crippen LogP contribution in [-0.2, 0) is 12.7 Å². The minimum Gasteiger partial charge on any atom is -0.366 e. The van der Waals surface area contributed by atoms with Gasteiger partial charge in [0.25, 0.3) is 0 Å². The van der Waals surface area contributed by atoms with Crippen LogP contribution in [0.4, 0.5) is 19.0 Å². The van der Waals surface area contributed by atoms with Crippen molar-refractivity contribution in [2.24, 2.45) is 0 Å². The molecule has 2 nitrogen and oxygen atoms in total. The standard InChI is InChI=1S/C13H10ClF3N2/c14-11-2-1-3-12(19-11)18-8-9-4-6-10(7-5-9)13(15,16)17/h1-7H,8H2,(H,18,19). The summed E-state index contributed by atoms with van der Waals surface area (Å²) in [6, 6.07) is 10.1. The van der Waals surface area contributed by atoms with Gasteiger partial charge in [-0.2, -0.15) is 13.2 Å². The van der Waals surface area contributed by atoms with E-state index in [-0.39, 0.29) is 0 Å². The molecule has 19 heavy (non-hydrogen) atoms. The topological polar surface area (TPSA) is 24.9 Å². The average Bonchev–Trinajstić information content (AvgIpc) is 2.36. The summed E-state index contributed by atoms with van der Waals surface area (Å²) in [5.41, 5.74) is 0.0758. The Morgan fingerprint density at radius 2 is 1.74 bits per heavy atom. The molecule has 0 radical (unpaired) electrons. The van der Waals surface area contributed by atoms with Gasteiger partial charge in [-0.25, -0.2) is 4.98 Å². The van der Waals surface area contributed by atoms with Gasteiger partial charge in [-0.1, -0.05) is 29.8 Å². The quantitative estimate of drug-likeness (QED) is 0.848. The summed E-state index contributed by atoms with van der Waals surface area (Å²) in [5, 5.41) is 3.34. The normalized spacial score (nSPS) is 11.4. The number of anilines is 1. The molecule has 0 unspecified atom stereocenters. The van der Waals surface area contributed by atoms with Gasteiger partial charge in [0.1, 0.15) is 11.0 Å². The van der Waals surface area contributed by atoms with Crippen LogP contribution in [0, 0.1) is 0 Å². The zero-order valence-corrected chi connectivity index (χ0v) is 10.5. The van der Waals surface area contributed by atoms with Crippen LogP contribution in [0.5, 0.6) is 0 Å². The van der Waals surface area contributed by atoms with Crippen molar-refractivity contribution >= 4 is 17.4 Å². The molecule has 0 bridgehead atoms. The Balaban J connectivity index is 2.01. The first-order chi connectivity index (χ1) is 8.95. The first-order valence-electron chi connectivity index (χ1n) is 5.48. The van der Waals surface area contributed by atoms with E-state index in [4.69, 9.17) is 11.6 Å². The van der Waals surface area contributed by atoms with Gasteiger partial charge in [-0.15, -0.1) is 0 Å². The smallest absolute Gasteiger partial charge is 0.366 e. The molecule has 100 valence electrons. The first kappa shape index (κ1) is 13.7. The average molecular weight is 287 g/mol. The van der Waals surface area contributed by atoms with Crippen molar-refractivity contribution in [3.8, 4) is 0 Å². The maximum absolute atomic E-state index is 12.4. The largest absolute Gasteiger partial charge is 0.416 e. The molecule has 0 aliphatic carbocycles. The van der Waals surface area contributed by atoms with Gasteiger partial charge in [0.2, 0.25) is 0 Å². The third kappa shape index (κ3) is 3.86. The van der Waals surface area contributed by atoms with Crippen LogP contribution < -0.4 is 5.32 Å². The van der Waals surface area contributed by atoms with Crippen LogP contribution in [-0.4, -0.2) is 4.98 Å². The molecular formula is C13H10ClF3N2. The highest BCUT2D eigenvalue weighted by Crippen LogP contribution is 2.29. The fraction of sp³-hybridized carbons (Fsp3) is 0.154. The number of nitrogens with zero attached hydrogens (tertiary/aromatic N) is 1. The third-order valence-electron chi connectivity index (χ3n) is 2.47. The SMILES string of the molecule is FC(F)(F)c1ccc(CNc2cccc(Cl)n2)cc1. The molecule has 1 N–H and O–H groups in total. The van der Waals surface area contributed by atoms with E-state index in [1.54, 1.807) is 18.2 Å². The number of alkyl halides is 3. The number of rotatable bonds is 3. The van der Waals surface area contributed by atoms with E-state index in [2.05, 4.69) is 10.3 Å². The molecule has 0 saturated carbocycles. The fourth-order valence-electron chi connectivity index (χ4n) is 1.51. The molecule has 0 spiro atoms. The summed E-state index contributed by atoms with van der Waals surface area (Å²) in [6.07, 6.45) is -4.31. The Morgan fingerprint density at radius 3 is 2.32 bits per heavy atom. The molecule has 6 heteroatoms. The van der Waals surface area contributed by atoms with Crippen molar-refractivity contribution in [1.82, 2.24) is 4.98 Å². The highest BCUT2D eigenvalue weighted by molar-refractivity contribution is 6.29. The van der Waals surface area contributed by atoms with Crippen LogP contribution in [0.15, 0.2) is 42.5 Å². The van der Waals surface area contributed by atoms with Gasteiger partial charge in [0, 0.05) is 6.54 Å². The number of aromatic nitrogens is 1.